The second-order valence-corrected chi connectivity index (χ2v) is 3.19. The highest BCUT2D eigenvalue weighted by atomic mass is 16.3. The fourth-order valence-electron chi connectivity index (χ4n) is 1.34. The summed E-state index contributed by atoms with van der Waals surface area (Å²) in [6, 6.07) is 5.31. The standard InChI is InChI=1S/C11H13NO2/c1-7-4-3-5-9(10(7)6-13)11(12)8(2)14/h3-5,12-13H,6H2,1-2H3. The highest BCUT2D eigenvalue weighted by molar-refractivity contribution is 6.44. The molecule has 0 atom stereocenters. The summed E-state index contributed by atoms with van der Waals surface area (Å²) >= 11 is 0. The highest BCUT2D eigenvalue weighted by Crippen LogP contribution is 2.14. The third kappa shape index (κ3) is 1.88. The van der Waals surface area contributed by atoms with Crippen molar-refractivity contribution in [2.24, 2.45) is 0 Å². The molecule has 2 N–H and O–H groups in total. The van der Waals surface area contributed by atoms with Crippen LogP contribution >= 0.6 is 0 Å². The topological polar surface area (TPSA) is 61.2 Å². The molecule has 0 saturated carbocycles. The monoisotopic (exact) mass is 191 g/mol. The number of nitrogens with one attached hydrogen (secondary N) is 1. The first-order valence-corrected chi connectivity index (χ1v) is 4.37. The molecule has 0 spiro atoms. The molecule has 1 aromatic rings. The van der Waals surface area contributed by atoms with Crippen molar-refractivity contribution in [1.82, 2.24) is 0 Å². The number of aliphatic hydroxyl groups excluding tert-OH is 1. The molecule has 1 aromatic carbocycles. The number of hydrogen-bond acceptors (Lipinski definition) is 3. The summed E-state index contributed by atoms with van der Waals surface area (Å²) in [4.78, 5) is 11.0. The van der Waals surface area contributed by atoms with E-state index in [0.29, 0.717) is 11.1 Å². The number of Topliss-reactive ketones (excluding diaryl/α,β-unsaturated/α-hetero) is 1. The van der Waals surface area contributed by atoms with Crippen molar-refractivity contribution in [3.63, 3.8) is 0 Å². The van der Waals surface area contributed by atoms with Crippen LogP contribution in [0, 0.1) is 12.3 Å². The maximum absolute atomic E-state index is 11.0. The third-order valence-electron chi connectivity index (χ3n) is 2.19. The van der Waals surface area contributed by atoms with E-state index in [1.807, 2.05) is 13.0 Å². The van der Waals surface area contributed by atoms with E-state index < -0.39 is 0 Å². The van der Waals surface area contributed by atoms with Crippen LogP contribution in [0.15, 0.2) is 18.2 Å². The van der Waals surface area contributed by atoms with Crippen LogP contribution in [-0.2, 0) is 11.4 Å². The molecule has 0 aliphatic rings. The Morgan fingerprint density at radius 1 is 1.50 bits per heavy atom. The van der Waals surface area contributed by atoms with Gasteiger partial charge in [0.1, 0.15) is 5.71 Å². The van der Waals surface area contributed by atoms with Gasteiger partial charge in [0.2, 0.25) is 0 Å². The molecule has 14 heavy (non-hydrogen) atoms. The van der Waals surface area contributed by atoms with Crippen LogP contribution in [0.3, 0.4) is 0 Å². The van der Waals surface area contributed by atoms with Crippen molar-refractivity contribution in [3.8, 4) is 0 Å². The zero-order chi connectivity index (χ0) is 10.7. The summed E-state index contributed by atoms with van der Waals surface area (Å²) in [5.74, 6) is -0.287. The van der Waals surface area contributed by atoms with Gasteiger partial charge in [0.25, 0.3) is 0 Å². The van der Waals surface area contributed by atoms with Gasteiger partial charge in [-0.2, -0.15) is 0 Å². The lowest BCUT2D eigenvalue weighted by atomic mass is 9.97. The number of rotatable bonds is 3. The average molecular weight is 191 g/mol. The van der Waals surface area contributed by atoms with Gasteiger partial charge >= 0.3 is 0 Å². The van der Waals surface area contributed by atoms with Crippen LogP contribution in [0.1, 0.15) is 23.6 Å². The summed E-state index contributed by atoms with van der Waals surface area (Å²) < 4.78 is 0. The fraction of sp³-hybridized carbons (Fsp3) is 0.273. The number of hydrogen-bond donors (Lipinski definition) is 2. The van der Waals surface area contributed by atoms with Gasteiger partial charge < -0.3 is 5.11 Å². The van der Waals surface area contributed by atoms with Gasteiger partial charge in [-0.1, -0.05) is 18.2 Å². The molecule has 0 radical (unpaired) electrons. The van der Waals surface area contributed by atoms with Crippen LogP contribution in [-0.4, -0.2) is 16.6 Å². The summed E-state index contributed by atoms with van der Waals surface area (Å²) in [6.07, 6.45) is 0. The number of aliphatic hydroxyl groups is 1. The van der Waals surface area contributed by atoms with Crippen molar-refractivity contribution >= 4 is 11.5 Å². The lowest BCUT2D eigenvalue weighted by molar-refractivity contribution is -0.111. The molecule has 0 fully saturated rings. The number of carbonyl (C=O) groups excluding carboxylic acids is 1. The van der Waals surface area contributed by atoms with Gasteiger partial charge in [-0.3, -0.25) is 10.2 Å². The van der Waals surface area contributed by atoms with E-state index in [4.69, 9.17) is 10.5 Å². The molecule has 0 aliphatic carbocycles. The fourth-order valence-corrected chi connectivity index (χ4v) is 1.34. The lowest BCUT2D eigenvalue weighted by Crippen LogP contribution is -2.13. The predicted octanol–water partition coefficient (Wildman–Crippen LogP) is 1.44. The second-order valence-electron chi connectivity index (χ2n) is 3.19. The molecule has 74 valence electrons. The van der Waals surface area contributed by atoms with Gasteiger partial charge in [-0.05, 0) is 18.1 Å². The Morgan fingerprint density at radius 3 is 2.64 bits per heavy atom. The van der Waals surface area contributed by atoms with Crippen LogP contribution in [0.5, 0.6) is 0 Å². The number of ketones is 1. The predicted molar refractivity (Wildman–Crippen MR) is 54.6 cm³/mol. The van der Waals surface area contributed by atoms with E-state index in [9.17, 15) is 4.79 Å². The quantitative estimate of drug-likeness (QED) is 0.710. The van der Waals surface area contributed by atoms with Gasteiger partial charge in [-0.15, -0.1) is 0 Å². The Labute approximate surface area is 82.9 Å². The molecular weight excluding hydrogens is 178 g/mol. The van der Waals surface area contributed by atoms with Gasteiger partial charge in [0.15, 0.2) is 5.78 Å². The summed E-state index contributed by atoms with van der Waals surface area (Å²) in [6.45, 7) is 3.06. The van der Waals surface area contributed by atoms with Crippen LogP contribution in [0.25, 0.3) is 0 Å². The Morgan fingerprint density at radius 2 is 2.14 bits per heavy atom. The normalized spacial score (nSPS) is 9.93. The molecule has 3 heteroatoms. The third-order valence-corrected chi connectivity index (χ3v) is 2.19. The van der Waals surface area contributed by atoms with Crippen LogP contribution in [0.4, 0.5) is 0 Å². The molecular formula is C11H13NO2. The van der Waals surface area contributed by atoms with Gasteiger partial charge in [0, 0.05) is 12.5 Å². The second kappa shape index (κ2) is 4.15. The van der Waals surface area contributed by atoms with E-state index in [1.165, 1.54) is 6.92 Å². The smallest absolute Gasteiger partial charge is 0.178 e. The minimum atomic E-state index is -0.287. The van der Waals surface area contributed by atoms with Crippen molar-refractivity contribution in [1.29, 1.82) is 5.41 Å². The number of carbonyl (C=O) groups is 1. The van der Waals surface area contributed by atoms with Crippen molar-refractivity contribution in [3.05, 3.63) is 34.9 Å². The molecule has 0 heterocycles. The van der Waals surface area contributed by atoms with E-state index in [0.717, 1.165) is 5.56 Å². The first kappa shape index (κ1) is 10.6. The van der Waals surface area contributed by atoms with Gasteiger partial charge in [0.05, 0.1) is 6.61 Å². The first-order chi connectivity index (χ1) is 6.57. The van der Waals surface area contributed by atoms with Crippen molar-refractivity contribution in [2.75, 3.05) is 0 Å². The maximum atomic E-state index is 11.0. The summed E-state index contributed by atoms with van der Waals surface area (Å²) in [7, 11) is 0. The van der Waals surface area contributed by atoms with Crippen molar-refractivity contribution < 1.29 is 9.90 Å². The largest absolute Gasteiger partial charge is 0.392 e. The maximum Gasteiger partial charge on any atom is 0.178 e. The molecule has 0 saturated heterocycles. The van der Waals surface area contributed by atoms with E-state index in [1.54, 1.807) is 12.1 Å². The molecule has 0 aliphatic heterocycles. The Hall–Kier alpha value is -1.48. The molecule has 0 unspecified atom stereocenters. The summed E-state index contributed by atoms with van der Waals surface area (Å²) in [5.41, 5.74) is 2.04. The zero-order valence-corrected chi connectivity index (χ0v) is 8.29. The molecule has 0 bridgehead atoms. The Bertz CT molecular complexity index is 383. The number of aryl methyl sites for hydroxylation is 1. The highest BCUT2D eigenvalue weighted by Gasteiger charge is 2.12. The first-order valence-electron chi connectivity index (χ1n) is 4.37. The number of benzene rings is 1. The average Bonchev–Trinajstić information content (AvgIpc) is 2.16. The van der Waals surface area contributed by atoms with Gasteiger partial charge in [-0.25, -0.2) is 0 Å². The zero-order valence-electron chi connectivity index (χ0n) is 8.29. The van der Waals surface area contributed by atoms with E-state index in [-0.39, 0.29) is 18.1 Å². The SMILES string of the molecule is CC(=O)C(=N)c1cccc(C)c1CO. The molecule has 0 aromatic heterocycles. The van der Waals surface area contributed by atoms with E-state index in [2.05, 4.69) is 0 Å². The summed E-state index contributed by atoms with van der Waals surface area (Å²) in [5, 5.41) is 16.7. The molecule has 1 rings (SSSR count). The Kier molecular flexibility index (Phi) is 3.14. The lowest BCUT2D eigenvalue weighted by Gasteiger charge is -2.09. The molecule has 0 amide bonds. The van der Waals surface area contributed by atoms with Crippen molar-refractivity contribution in [2.45, 2.75) is 20.5 Å². The van der Waals surface area contributed by atoms with Crippen LogP contribution in [0.2, 0.25) is 0 Å². The van der Waals surface area contributed by atoms with Crippen LogP contribution < -0.4 is 0 Å². The minimum absolute atomic E-state index is 0.0437. The van der Waals surface area contributed by atoms with E-state index >= 15 is 0 Å². The minimum Gasteiger partial charge on any atom is -0.392 e. The Balaban J connectivity index is 3.27. The molecule has 3 nitrogen and oxygen atoms in total.